The minimum atomic E-state index is -0.657. The minimum absolute atomic E-state index is 0.0487. The van der Waals surface area contributed by atoms with Crippen molar-refractivity contribution in [2.45, 2.75) is 25.4 Å². The Morgan fingerprint density at radius 1 is 1.22 bits per heavy atom. The van der Waals surface area contributed by atoms with Gasteiger partial charge in [-0.2, -0.15) is 0 Å². The largest absolute Gasteiger partial charge is 0.343 e. The van der Waals surface area contributed by atoms with E-state index >= 15 is 0 Å². The van der Waals surface area contributed by atoms with Gasteiger partial charge in [-0.1, -0.05) is 42.5 Å². The number of piperazine rings is 1. The van der Waals surface area contributed by atoms with Crippen molar-refractivity contribution in [1.82, 2.24) is 10.2 Å². The maximum absolute atomic E-state index is 13.8. The van der Waals surface area contributed by atoms with Crippen molar-refractivity contribution in [3.05, 3.63) is 60.0 Å². The van der Waals surface area contributed by atoms with E-state index < -0.39 is 6.04 Å². The summed E-state index contributed by atoms with van der Waals surface area (Å²) >= 11 is 0. The van der Waals surface area contributed by atoms with E-state index in [9.17, 15) is 14.0 Å². The quantitative estimate of drug-likeness (QED) is 0.927. The number of carbonyl (C=O) groups is 2. The molecular formula is C18H19FN2O2. The van der Waals surface area contributed by atoms with Gasteiger partial charge in [0.15, 0.2) is 0 Å². The molecule has 1 aromatic rings. The Bertz CT molecular complexity index is 654. The highest BCUT2D eigenvalue weighted by atomic mass is 19.1. The topological polar surface area (TPSA) is 49.4 Å². The lowest BCUT2D eigenvalue weighted by atomic mass is 9.91. The SMILES string of the molecule is O=C1CN(Cc2ccccc2)C(=O)[C@@H](CC2CC=CC=C2F)N1. The molecule has 2 amide bonds. The third kappa shape index (κ3) is 3.67. The number of carbonyl (C=O) groups excluding carboxylic acids is 2. The smallest absolute Gasteiger partial charge is 0.245 e. The first kappa shape index (κ1) is 15.5. The molecule has 0 aromatic heterocycles. The van der Waals surface area contributed by atoms with Crippen LogP contribution in [0.15, 0.2) is 54.4 Å². The van der Waals surface area contributed by atoms with Gasteiger partial charge in [0.05, 0.1) is 6.54 Å². The van der Waals surface area contributed by atoms with Crippen LogP contribution in [-0.4, -0.2) is 29.3 Å². The van der Waals surface area contributed by atoms with Crippen molar-refractivity contribution in [2.24, 2.45) is 5.92 Å². The summed E-state index contributed by atoms with van der Waals surface area (Å²) in [6.45, 7) is 0.444. The number of hydrogen-bond acceptors (Lipinski definition) is 2. The molecule has 1 heterocycles. The molecular weight excluding hydrogens is 295 g/mol. The summed E-state index contributed by atoms with van der Waals surface area (Å²) in [4.78, 5) is 26.1. The number of amides is 2. The first-order chi connectivity index (χ1) is 11.1. The highest BCUT2D eigenvalue weighted by Crippen LogP contribution is 2.27. The number of nitrogens with one attached hydrogen (secondary N) is 1. The standard InChI is InChI=1S/C18H19FN2O2/c19-15-9-5-4-8-14(15)10-16-18(23)21(12-17(22)20-16)11-13-6-2-1-3-7-13/h1-7,9,14,16H,8,10-12H2,(H,20,22)/t14?,16-/m1/s1. The maximum Gasteiger partial charge on any atom is 0.245 e. The van der Waals surface area contributed by atoms with Gasteiger partial charge < -0.3 is 10.2 Å². The van der Waals surface area contributed by atoms with Gasteiger partial charge in [-0.15, -0.1) is 0 Å². The van der Waals surface area contributed by atoms with Crippen LogP contribution in [0.2, 0.25) is 0 Å². The molecule has 2 aliphatic rings. The molecule has 5 heteroatoms. The molecule has 0 saturated carbocycles. The van der Waals surface area contributed by atoms with Gasteiger partial charge >= 0.3 is 0 Å². The molecule has 0 radical (unpaired) electrons. The monoisotopic (exact) mass is 314 g/mol. The van der Waals surface area contributed by atoms with Crippen LogP contribution < -0.4 is 5.32 Å². The van der Waals surface area contributed by atoms with Gasteiger partial charge in [0.1, 0.15) is 11.9 Å². The van der Waals surface area contributed by atoms with Crippen molar-refractivity contribution in [1.29, 1.82) is 0 Å². The van der Waals surface area contributed by atoms with E-state index in [1.165, 1.54) is 6.08 Å². The zero-order valence-corrected chi connectivity index (χ0v) is 12.7. The minimum Gasteiger partial charge on any atom is -0.343 e. The Morgan fingerprint density at radius 3 is 2.74 bits per heavy atom. The molecule has 1 fully saturated rings. The van der Waals surface area contributed by atoms with E-state index in [2.05, 4.69) is 5.32 Å². The van der Waals surface area contributed by atoms with Crippen molar-refractivity contribution >= 4 is 11.8 Å². The van der Waals surface area contributed by atoms with Gasteiger partial charge in [-0.25, -0.2) is 4.39 Å². The Morgan fingerprint density at radius 2 is 2.00 bits per heavy atom. The van der Waals surface area contributed by atoms with Crippen LogP contribution in [0, 0.1) is 5.92 Å². The summed E-state index contributed by atoms with van der Waals surface area (Å²) in [5.74, 6) is -0.905. The molecule has 4 nitrogen and oxygen atoms in total. The summed E-state index contributed by atoms with van der Waals surface area (Å²) in [7, 11) is 0. The maximum atomic E-state index is 13.8. The highest BCUT2D eigenvalue weighted by Gasteiger charge is 2.35. The number of nitrogens with zero attached hydrogens (tertiary/aromatic N) is 1. The number of benzene rings is 1. The molecule has 0 bridgehead atoms. The second-order valence-electron chi connectivity index (χ2n) is 5.95. The molecule has 1 saturated heterocycles. The molecule has 1 aliphatic carbocycles. The summed E-state index contributed by atoms with van der Waals surface area (Å²) in [5, 5.41) is 2.70. The van der Waals surface area contributed by atoms with Gasteiger partial charge in [0, 0.05) is 12.5 Å². The van der Waals surface area contributed by atoms with E-state index in [4.69, 9.17) is 0 Å². The first-order valence-electron chi connectivity index (χ1n) is 7.78. The summed E-state index contributed by atoms with van der Waals surface area (Å²) in [5.41, 5.74) is 0.973. The van der Waals surface area contributed by atoms with Crippen LogP contribution in [0.1, 0.15) is 18.4 Å². The second-order valence-corrected chi connectivity index (χ2v) is 5.95. The fourth-order valence-electron chi connectivity index (χ4n) is 3.02. The van der Waals surface area contributed by atoms with Crippen LogP contribution in [0.4, 0.5) is 4.39 Å². The Balaban J connectivity index is 1.69. The molecule has 1 aromatic carbocycles. The molecule has 1 aliphatic heterocycles. The fourth-order valence-corrected chi connectivity index (χ4v) is 3.02. The highest BCUT2D eigenvalue weighted by molar-refractivity contribution is 5.94. The van der Waals surface area contributed by atoms with Gasteiger partial charge in [0.2, 0.25) is 11.8 Å². The van der Waals surface area contributed by atoms with E-state index in [0.717, 1.165) is 5.56 Å². The summed E-state index contributed by atoms with van der Waals surface area (Å²) in [6.07, 6.45) is 5.83. The number of allylic oxidation sites excluding steroid dienone is 4. The normalized spacial score (nSPS) is 24.4. The second kappa shape index (κ2) is 6.77. The van der Waals surface area contributed by atoms with Gasteiger partial charge in [0.25, 0.3) is 0 Å². The number of hydrogen-bond donors (Lipinski definition) is 1. The molecule has 1 N–H and O–H groups in total. The lowest BCUT2D eigenvalue weighted by Gasteiger charge is -2.34. The van der Waals surface area contributed by atoms with E-state index in [1.54, 1.807) is 11.0 Å². The fraction of sp³-hybridized carbons (Fsp3) is 0.333. The molecule has 0 spiro atoms. The summed E-state index contributed by atoms with van der Waals surface area (Å²) < 4.78 is 13.8. The van der Waals surface area contributed by atoms with Crippen LogP contribution >= 0.6 is 0 Å². The van der Waals surface area contributed by atoms with Crippen molar-refractivity contribution in [3.8, 4) is 0 Å². The lowest BCUT2D eigenvalue weighted by molar-refractivity contribution is -0.145. The molecule has 3 rings (SSSR count). The number of rotatable bonds is 4. The Hall–Kier alpha value is -2.43. The van der Waals surface area contributed by atoms with Crippen molar-refractivity contribution < 1.29 is 14.0 Å². The van der Waals surface area contributed by atoms with E-state index in [1.807, 2.05) is 36.4 Å². The molecule has 2 atom stereocenters. The van der Waals surface area contributed by atoms with Gasteiger partial charge in [-0.3, -0.25) is 9.59 Å². The summed E-state index contributed by atoms with van der Waals surface area (Å²) in [6, 6.07) is 8.89. The third-order valence-corrected chi connectivity index (χ3v) is 4.22. The Kier molecular flexibility index (Phi) is 4.55. The zero-order chi connectivity index (χ0) is 16.2. The van der Waals surface area contributed by atoms with E-state index in [-0.39, 0.29) is 30.1 Å². The lowest BCUT2D eigenvalue weighted by Crippen LogP contribution is -2.58. The predicted octanol–water partition coefficient (Wildman–Crippen LogP) is 2.33. The predicted molar refractivity (Wildman–Crippen MR) is 84.8 cm³/mol. The molecule has 120 valence electrons. The van der Waals surface area contributed by atoms with Crippen LogP contribution in [0.3, 0.4) is 0 Å². The van der Waals surface area contributed by atoms with Gasteiger partial charge in [-0.05, 0) is 24.5 Å². The van der Waals surface area contributed by atoms with Crippen molar-refractivity contribution in [3.63, 3.8) is 0 Å². The number of halogens is 1. The van der Waals surface area contributed by atoms with E-state index in [0.29, 0.717) is 19.4 Å². The Labute approximate surface area is 134 Å². The molecule has 23 heavy (non-hydrogen) atoms. The molecule has 1 unspecified atom stereocenters. The van der Waals surface area contributed by atoms with Crippen molar-refractivity contribution in [2.75, 3.05) is 6.54 Å². The first-order valence-corrected chi connectivity index (χ1v) is 7.78. The average molecular weight is 314 g/mol. The van der Waals surface area contributed by atoms with Crippen LogP contribution in [-0.2, 0) is 16.1 Å². The average Bonchev–Trinajstić information content (AvgIpc) is 2.55. The third-order valence-electron chi connectivity index (χ3n) is 4.22. The van der Waals surface area contributed by atoms with Crippen LogP contribution in [0.25, 0.3) is 0 Å². The zero-order valence-electron chi connectivity index (χ0n) is 12.7. The van der Waals surface area contributed by atoms with Crippen LogP contribution in [0.5, 0.6) is 0 Å².